The Hall–Kier alpha value is -1.54. The zero-order chi connectivity index (χ0) is 20.3. The summed E-state index contributed by atoms with van der Waals surface area (Å²) in [5.41, 5.74) is 2.76. The lowest BCUT2D eigenvalue weighted by atomic mass is 9.90. The van der Waals surface area contributed by atoms with Crippen molar-refractivity contribution in [1.82, 2.24) is 20.1 Å². The molecule has 1 aromatic carbocycles. The van der Waals surface area contributed by atoms with E-state index in [4.69, 9.17) is 0 Å². The quantitative estimate of drug-likeness (QED) is 0.226. The molecule has 1 fully saturated rings. The lowest BCUT2D eigenvalue weighted by Crippen LogP contribution is -2.38. The third kappa shape index (κ3) is 8.68. The number of aromatic nitrogens is 1. The summed E-state index contributed by atoms with van der Waals surface area (Å²) in [6, 6.07) is 13.1. The number of aryl methyl sites for hydroxylation is 1. The number of nitrogens with zero attached hydrogens (tertiary/aromatic N) is 3. The van der Waals surface area contributed by atoms with Crippen molar-refractivity contribution in [3.63, 3.8) is 0 Å². The highest BCUT2D eigenvalue weighted by molar-refractivity contribution is 14.0. The highest BCUT2D eigenvalue weighted by atomic mass is 127. The van der Waals surface area contributed by atoms with Gasteiger partial charge in [0.25, 0.3) is 0 Å². The van der Waals surface area contributed by atoms with Gasteiger partial charge in [-0.2, -0.15) is 0 Å². The van der Waals surface area contributed by atoms with Crippen molar-refractivity contribution in [2.75, 3.05) is 33.2 Å². The molecule has 0 saturated carbocycles. The second-order valence-corrected chi connectivity index (χ2v) is 8.22. The number of hydrogen-bond acceptors (Lipinski definition) is 2. The van der Waals surface area contributed by atoms with E-state index in [1.165, 1.54) is 62.9 Å². The van der Waals surface area contributed by atoms with Crippen molar-refractivity contribution in [3.05, 3.63) is 59.9 Å². The first-order valence-corrected chi connectivity index (χ1v) is 11.0. The van der Waals surface area contributed by atoms with Crippen LogP contribution in [0, 0.1) is 5.92 Å². The summed E-state index contributed by atoms with van der Waals surface area (Å²) < 4.78 is 2.07. The maximum atomic E-state index is 4.32. The van der Waals surface area contributed by atoms with Gasteiger partial charge in [-0.15, -0.1) is 24.0 Å². The topological polar surface area (TPSA) is 44.6 Å². The van der Waals surface area contributed by atoms with Crippen LogP contribution in [0.15, 0.2) is 53.8 Å². The van der Waals surface area contributed by atoms with Gasteiger partial charge in [-0.3, -0.25) is 4.99 Å². The summed E-state index contributed by atoms with van der Waals surface area (Å²) in [5.74, 6) is 1.74. The number of halogens is 1. The Morgan fingerprint density at radius 1 is 1.03 bits per heavy atom. The van der Waals surface area contributed by atoms with Gasteiger partial charge in [-0.1, -0.05) is 30.3 Å². The molecule has 166 valence electrons. The van der Waals surface area contributed by atoms with Gasteiger partial charge in [0, 0.05) is 39.6 Å². The van der Waals surface area contributed by atoms with E-state index in [9.17, 15) is 0 Å². The van der Waals surface area contributed by atoms with Crippen LogP contribution in [-0.2, 0) is 20.0 Å². The number of benzene rings is 1. The summed E-state index contributed by atoms with van der Waals surface area (Å²) in [7, 11) is 3.88. The van der Waals surface area contributed by atoms with Crippen LogP contribution in [0.25, 0.3) is 0 Å². The Morgan fingerprint density at radius 3 is 2.47 bits per heavy atom. The third-order valence-corrected chi connectivity index (χ3v) is 5.84. The van der Waals surface area contributed by atoms with Crippen molar-refractivity contribution in [1.29, 1.82) is 0 Å². The highest BCUT2D eigenvalue weighted by Gasteiger charge is 2.18. The number of guanidine groups is 1. The molecule has 0 radical (unpaired) electrons. The summed E-state index contributed by atoms with van der Waals surface area (Å²) >= 11 is 0. The lowest BCUT2D eigenvalue weighted by Gasteiger charge is -2.32. The first-order chi connectivity index (χ1) is 14.2. The Kier molecular flexibility index (Phi) is 11.3. The molecule has 0 atom stereocenters. The molecule has 1 saturated heterocycles. The molecule has 6 heteroatoms. The normalized spacial score (nSPS) is 15.6. The van der Waals surface area contributed by atoms with Crippen LogP contribution in [0.1, 0.15) is 36.8 Å². The molecule has 30 heavy (non-hydrogen) atoms. The largest absolute Gasteiger partial charge is 0.357 e. The van der Waals surface area contributed by atoms with Gasteiger partial charge in [0.1, 0.15) is 0 Å². The van der Waals surface area contributed by atoms with Gasteiger partial charge in [-0.05, 0) is 74.8 Å². The molecule has 5 nitrogen and oxygen atoms in total. The average molecular weight is 524 g/mol. The third-order valence-electron chi connectivity index (χ3n) is 5.84. The fourth-order valence-corrected chi connectivity index (χ4v) is 4.10. The molecule has 2 aromatic rings. The first-order valence-electron chi connectivity index (χ1n) is 11.0. The van der Waals surface area contributed by atoms with E-state index < -0.39 is 0 Å². The molecule has 0 amide bonds. The van der Waals surface area contributed by atoms with Crippen LogP contribution < -0.4 is 10.6 Å². The van der Waals surface area contributed by atoms with E-state index in [1.54, 1.807) is 0 Å². The molecule has 1 aliphatic heterocycles. The number of unbranched alkanes of at least 4 members (excludes halogenated alkanes) is 1. The first kappa shape index (κ1) is 24.7. The van der Waals surface area contributed by atoms with Crippen molar-refractivity contribution in [2.45, 2.75) is 38.6 Å². The SMILES string of the molecule is CN=C(NCCCCN1CCC(Cc2ccccc2)CC1)NCc1ccn(C)c1.I. The van der Waals surface area contributed by atoms with E-state index in [0.29, 0.717) is 0 Å². The van der Waals surface area contributed by atoms with Crippen LogP contribution in [0.2, 0.25) is 0 Å². The zero-order valence-corrected chi connectivity index (χ0v) is 20.8. The maximum absolute atomic E-state index is 4.32. The molecule has 3 rings (SSSR count). The Bertz CT molecular complexity index is 735. The Morgan fingerprint density at radius 2 is 1.80 bits per heavy atom. The monoisotopic (exact) mass is 523 g/mol. The number of rotatable bonds is 9. The number of piperidine rings is 1. The van der Waals surface area contributed by atoms with E-state index in [1.807, 2.05) is 14.1 Å². The van der Waals surface area contributed by atoms with Crippen molar-refractivity contribution in [3.8, 4) is 0 Å². The van der Waals surface area contributed by atoms with Crippen molar-refractivity contribution in [2.24, 2.45) is 18.0 Å². The lowest BCUT2D eigenvalue weighted by molar-refractivity contribution is 0.181. The van der Waals surface area contributed by atoms with Gasteiger partial charge < -0.3 is 20.1 Å². The van der Waals surface area contributed by atoms with Gasteiger partial charge in [0.2, 0.25) is 0 Å². The van der Waals surface area contributed by atoms with Gasteiger partial charge in [0.05, 0.1) is 0 Å². The van der Waals surface area contributed by atoms with Crippen LogP contribution in [0.4, 0.5) is 0 Å². The highest BCUT2D eigenvalue weighted by Crippen LogP contribution is 2.21. The van der Waals surface area contributed by atoms with Crippen LogP contribution in [0.5, 0.6) is 0 Å². The molecule has 1 aromatic heterocycles. The van der Waals surface area contributed by atoms with Gasteiger partial charge in [-0.25, -0.2) is 0 Å². The molecule has 0 unspecified atom stereocenters. The number of likely N-dealkylation sites (tertiary alicyclic amines) is 1. The van der Waals surface area contributed by atoms with E-state index in [2.05, 4.69) is 73.9 Å². The standard InChI is InChI=1S/C24H37N5.HI/c1-25-24(27-19-23-10-15-28(2)20-23)26-13-6-7-14-29-16-11-22(12-17-29)18-21-8-4-3-5-9-21;/h3-5,8-10,15,20,22H,6-7,11-14,16-19H2,1-2H3,(H2,25,26,27);1H. The number of nitrogens with one attached hydrogen (secondary N) is 2. The molecule has 0 spiro atoms. The Labute approximate surface area is 199 Å². The van der Waals surface area contributed by atoms with Crippen LogP contribution in [-0.4, -0.2) is 48.7 Å². The van der Waals surface area contributed by atoms with Crippen LogP contribution in [0.3, 0.4) is 0 Å². The second-order valence-electron chi connectivity index (χ2n) is 8.22. The van der Waals surface area contributed by atoms with Gasteiger partial charge >= 0.3 is 0 Å². The maximum Gasteiger partial charge on any atom is 0.191 e. The molecule has 2 N–H and O–H groups in total. The minimum atomic E-state index is 0. The fraction of sp³-hybridized carbons (Fsp3) is 0.542. The summed E-state index contributed by atoms with van der Waals surface area (Å²) in [4.78, 5) is 6.96. The van der Waals surface area contributed by atoms with Gasteiger partial charge in [0.15, 0.2) is 5.96 Å². The average Bonchev–Trinajstić information content (AvgIpc) is 3.17. The zero-order valence-electron chi connectivity index (χ0n) is 18.5. The van der Waals surface area contributed by atoms with Crippen LogP contribution >= 0.6 is 24.0 Å². The van der Waals surface area contributed by atoms with E-state index in [-0.39, 0.29) is 24.0 Å². The summed E-state index contributed by atoms with van der Waals surface area (Å²) in [5, 5.41) is 6.81. The molecular weight excluding hydrogens is 485 g/mol. The van der Waals surface area contributed by atoms with E-state index >= 15 is 0 Å². The molecule has 1 aliphatic rings. The Balaban J connectivity index is 0.00000320. The fourth-order valence-electron chi connectivity index (χ4n) is 4.10. The molecule has 2 heterocycles. The molecule has 0 bridgehead atoms. The van der Waals surface area contributed by atoms with Crippen molar-refractivity contribution >= 4 is 29.9 Å². The van der Waals surface area contributed by atoms with E-state index in [0.717, 1.165) is 25.0 Å². The minimum Gasteiger partial charge on any atom is -0.357 e. The minimum absolute atomic E-state index is 0. The predicted octanol–water partition coefficient (Wildman–Crippen LogP) is 4.04. The summed E-state index contributed by atoms with van der Waals surface area (Å²) in [6.07, 6.45) is 10.5. The predicted molar refractivity (Wildman–Crippen MR) is 138 cm³/mol. The van der Waals surface area contributed by atoms with Crippen molar-refractivity contribution < 1.29 is 0 Å². The molecular formula is C24H38IN5. The number of hydrogen-bond donors (Lipinski definition) is 2. The second kappa shape index (κ2) is 13.7. The summed E-state index contributed by atoms with van der Waals surface area (Å²) in [6.45, 7) is 5.50. The smallest absolute Gasteiger partial charge is 0.191 e. The molecule has 0 aliphatic carbocycles. The number of aliphatic imine (C=N–C) groups is 1.